The fourth-order valence-corrected chi connectivity index (χ4v) is 2.65. The van der Waals surface area contributed by atoms with Gasteiger partial charge < -0.3 is 0 Å². The van der Waals surface area contributed by atoms with E-state index >= 15 is 0 Å². The number of rotatable bonds is 2. The lowest BCUT2D eigenvalue weighted by Gasteiger charge is -2.22. The maximum Gasteiger partial charge on any atom is 0.123 e. The topological polar surface area (TPSA) is 15.6 Å². The largest absolute Gasteiger partial charge is 0.226 e. The van der Waals surface area contributed by atoms with Crippen molar-refractivity contribution in [3.8, 4) is 0 Å². The van der Waals surface area contributed by atoms with E-state index in [9.17, 15) is 4.39 Å². The molecule has 0 fully saturated rings. The van der Waals surface area contributed by atoms with E-state index in [2.05, 4.69) is 5.10 Å². The molecule has 4 heteroatoms. The Kier molecular flexibility index (Phi) is 3.33. The molecular weight excluding hydrogens is 283 g/mol. The molecule has 0 N–H and O–H groups in total. The minimum atomic E-state index is -0.372. The average molecular weight is 298 g/mol. The molecule has 0 aliphatic carbocycles. The van der Waals surface area contributed by atoms with Crippen LogP contribution in [0.15, 0.2) is 59.7 Å². The van der Waals surface area contributed by atoms with Crippen LogP contribution in [0.1, 0.15) is 19.4 Å². The van der Waals surface area contributed by atoms with E-state index in [1.165, 1.54) is 12.1 Å². The van der Waals surface area contributed by atoms with Gasteiger partial charge in [-0.2, -0.15) is 5.10 Å². The second kappa shape index (κ2) is 5.04. The normalized spacial score (nSPS) is 17.0. The number of hydrogen-bond donors (Lipinski definition) is 0. The summed E-state index contributed by atoms with van der Waals surface area (Å²) in [6.45, 7) is 4.08. The van der Waals surface area contributed by atoms with Gasteiger partial charge >= 0.3 is 0 Å². The molecule has 0 amide bonds. The van der Waals surface area contributed by atoms with Gasteiger partial charge in [0.05, 0.1) is 16.8 Å². The Morgan fingerprint density at radius 2 is 1.62 bits per heavy atom. The van der Waals surface area contributed by atoms with E-state index in [0.717, 1.165) is 22.0 Å². The van der Waals surface area contributed by atoms with Crippen LogP contribution in [0.3, 0.4) is 0 Å². The molecule has 2 nitrogen and oxygen atoms in total. The first-order valence-electron chi connectivity index (χ1n) is 6.75. The van der Waals surface area contributed by atoms with Gasteiger partial charge in [0.15, 0.2) is 0 Å². The lowest BCUT2D eigenvalue weighted by Crippen LogP contribution is -2.33. The van der Waals surface area contributed by atoms with Crippen LogP contribution in [-0.4, -0.2) is 10.7 Å². The van der Waals surface area contributed by atoms with Crippen LogP contribution in [0, 0.1) is 11.2 Å². The zero-order valence-electron chi connectivity index (χ0n) is 11.9. The van der Waals surface area contributed by atoms with Crippen LogP contribution in [0.2, 0.25) is 0 Å². The molecular formula is C17H15FN2S. The van der Waals surface area contributed by atoms with Crippen LogP contribution in [0.5, 0.6) is 0 Å². The summed E-state index contributed by atoms with van der Waals surface area (Å²) in [6.07, 6.45) is 0. The predicted octanol–water partition coefficient (Wildman–Crippen LogP) is 4.40. The number of hydrazone groups is 1. The SMILES string of the molecule is CC1(C)C(=S)N(c2ccccc2)N=C1c1ccc(F)cc1. The third-order valence-electron chi connectivity index (χ3n) is 3.64. The Bertz CT molecular complexity index is 705. The standard InChI is InChI=1S/C17H15FN2S/c1-17(2)15(12-8-10-13(18)11-9-12)19-20(16(17)21)14-6-4-3-5-7-14/h3-11H,1-2H3. The maximum absolute atomic E-state index is 13.1. The molecule has 2 aromatic carbocycles. The van der Waals surface area contributed by atoms with Gasteiger partial charge in [0, 0.05) is 0 Å². The molecule has 3 rings (SSSR count). The van der Waals surface area contributed by atoms with Gasteiger partial charge in [0.1, 0.15) is 10.8 Å². The average Bonchev–Trinajstić information content (AvgIpc) is 2.72. The Morgan fingerprint density at radius 1 is 1.00 bits per heavy atom. The van der Waals surface area contributed by atoms with Crippen molar-refractivity contribution in [2.75, 3.05) is 5.01 Å². The van der Waals surface area contributed by atoms with Crippen molar-refractivity contribution >= 4 is 28.6 Å². The van der Waals surface area contributed by atoms with E-state index in [1.54, 1.807) is 17.1 Å². The summed E-state index contributed by atoms with van der Waals surface area (Å²) < 4.78 is 13.1. The summed E-state index contributed by atoms with van der Waals surface area (Å²) in [4.78, 5) is 0.744. The molecule has 0 bridgehead atoms. The predicted molar refractivity (Wildman–Crippen MR) is 88.2 cm³/mol. The summed E-state index contributed by atoms with van der Waals surface area (Å²) >= 11 is 5.60. The molecule has 2 aromatic rings. The molecule has 1 aliphatic rings. The molecule has 1 heterocycles. The monoisotopic (exact) mass is 298 g/mol. The van der Waals surface area contributed by atoms with Crippen molar-refractivity contribution in [3.63, 3.8) is 0 Å². The van der Waals surface area contributed by atoms with E-state index in [4.69, 9.17) is 12.2 Å². The number of thiocarbonyl (C=S) groups is 1. The summed E-state index contributed by atoms with van der Waals surface area (Å²) in [5.74, 6) is -0.252. The van der Waals surface area contributed by atoms with Gasteiger partial charge in [-0.15, -0.1) is 0 Å². The van der Waals surface area contributed by atoms with Gasteiger partial charge in [-0.25, -0.2) is 9.40 Å². The third kappa shape index (κ3) is 2.36. The zero-order chi connectivity index (χ0) is 15.0. The van der Waals surface area contributed by atoms with Crippen molar-refractivity contribution in [1.29, 1.82) is 0 Å². The minimum Gasteiger partial charge on any atom is -0.226 e. The van der Waals surface area contributed by atoms with E-state index in [-0.39, 0.29) is 11.2 Å². The fourth-order valence-electron chi connectivity index (χ4n) is 2.41. The first-order chi connectivity index (χ1) is 10.00. The Morgan fingerprint density at radius 3 is 2.24 bits per heavy atom. The second-order valence-electron chi connectivity index (χ2n) is 5.53. The van der Waals surface area contributed by atoms with Gasteiger partial charge in [-0.1, -0.05) is 42.5 Å². The molecule has 0 saturated heterocycles. The highest BCUT2D eigenvalue weighted by Crippen LogP contribution is 2.35. The second-order valence-corrected chi connectivity index (χ2v) is 5.92. The molecule has 0 spiro atoms. The molecule has 21 heavy (non-hydrogen) atoms. The van der Waals surface area contributed by atoms with Gasteiger partial charge in [0.25, 0.3) is 0 Å². The Labute approximate surface area is 128 Å². The summed E-state index contributed by atoms with van der Waals surface area (Å²) in [5, 5.41) is 6.46. The number of hydrogen-bond acceptors (Lipinski definition) is 2. The van der Waals surface area contributed by atoms with E-state index in [0.29, 0.717) is 0 Å². The molecule has 0 aromatic heterocycles. The highest BCUT2D eigenvalue weighted by molar-refractivity contribution is 7.80. The van der Waals surface area contributed by atoms with Crippen molar-refractivity contribution in [2.45, 2.75) is 13.8 Å². The summed E-state index contributed by atoms with van der Waals surface area (Å²) in [7, 11) is 0. The fraction of sp³-hybridized carbons (Fsp3) is 0.176. The number of halogens is 1. The maximum atomic E-state index is 13.1. The van der Waals surface area contributed by atoms with Crippen LogP contribution >= 0.6 is 12.2 Å². The Balaban J connectivity index is 2.07. The van der Waals surface area contributed by atoms with Gasteiger partial charge in [-0.3, -0.25) is 0 Å². The Hall–Kier alpha value is -2.07. The first kappa shape index (κ1) is 13.9. The zero-order valence-corrected chi connectivity index (χ0v) is 12.7. The van der Waals surface area contributed by atoms with E-state index in [1.807, 2.05) is 44.2 Å². The molecule has 106 valence electrons. The van der Waals surface area contributed by atoms with Crippen LogP contribution in [-0.2, 0) is 0 Å². The lowest BCUT2D eigenvalue weighted by molar-refractivity contribution is 0.627. The van der Waals surface area contributed by atoms with Crippen molar-refractivity contribution in [3.05, 3.63) is 66.0 Å². The molecule has 0 unspecified atom stereocenters. The van der Waals surface area contributed by atoms with Crippen molar-refractivity contribution in [1.82, 2.24) is 0 Å². The van der Waals surface area contributed by atoms with Crippen LogP contribution < -0.4 is 5.01 Å². The first-order valence-corrected chi connectivity index (χ1v) is 7.15. The molecule has 0 saturated carbocycles. The van der Waals surface area contributed by atoms with Gasteiger partial charge in [-0.05, 0) is 43.7 Å². The van der Waals surface area contributed by atoms with Crippen molar-refractivity contribution in [2.24, 2.45) is 10.5 Å². The highest BCUT2D eigenvalue weighted by Gasteiger charge is 2.41. The summed E-state index contributed by atoms with van der Waals surface area (Å²) in [5.41, 5.74) is 2.31. The number of benzene rings is 2. The van der Waals surface area contributed by atoms with Gasteiger partial charge in [0.2, 0.25) is 0 Å². The lowest BCUT2D eigenvalue weighted by atomic mass is 9.84. The minimum absolute atomic E-state index is 0.252. The smallest absolute Gasteiger partial charge is 0.123 e. The van der Waals surface area contributed by atoms with Crippen LogP contribution in [0.25, 0.3) is 0 Å². The molecule has 0 atom stereocenters. The summed E-state index contributed by atoms with van der Waals surface area (Å²) in [6, 6.07) is 16.2. The third-order valence-corrected chi connectivity index (χ3v) is 4.32. The quantitative estimate of drug-likeness (QED) is 0.763. The molecule has 0 radical (unpaired) electrons. The number of para-hydroxylation sites is 1. The van der Waals surface area contributed by atoms with E-state index < -0.39 is 0 Å². The molecule has 1 aliphatic heterocycles. The van der Waals surface area contributed by atoms with Crippen LogP contribution in [0.4, 0.5) is 10.1 Å². The highest BCUT2D eigenvalue weighted by atomic mass is 32.1. The number of nitrogens with zero attached hydrogens (tertiary/aromatic N) is 2. The van der Waals surface area contributed by atoms with Crippen molar-refractivity contribution < 1.29 is 4.39 Å². The number of anilines is 1.